The van der Waals surface area contributed by atoms with Crippen molar-refractivity contribution in [2.75, 3.05) is 0 Å². The van der Waals surface area contributed by atoms with Crippen LogP contribution in [0, 0.1) is 5.92 Å². The van der Waals surface area contributed by atoms with Gasteiger partial charge < -0.3 is 0 Å². The molecule has 0 aromatic heterocycles. The summed E-state index contributed by atoms with van der Waals surface area (Å²) in [6.45, 7) is 4.60. The van der Waals surface area contributed by atoms with Gasteiger partial charge in [-0.25, -0.2) is 0 Å². The van der Waals surface area contributed by atoms with E-state index in [1.54, 1.807) is 5.56 Å². The molecule has 0 nitrogen and oxygen atoms in total. The maximum absolute atomic E-state index is 2.47. The van der Waals surface area contributed by atoms with Gasteiger partial charge in [-0.1, -0.05) is 75.9 Å². The second kappa shape index (κ2) is 8.70. The Bertz CT molecular complexity index is 632. The van der Waals surface area contributed by atoms with Crippen molar-refractivity contribution in [1.29, 1.82) is 0 Å². The second-order valence-electron chi connectivity index (χ2n) is 7.90. The molecule has 0 heterocycles. The summed E-state index contributed by atoms with van der Waals surface area (Å²) in [4.78, 5) is 0. The number of hydrogen-bond donors (Lipinski definition) is 0. The standard InChI is InChI=1S/C24H34/c1-3-5-6-8-20-11-14-24-18-23(16-15-22(24)17-20)21-12-9-19(7-4-2)10-13-21/h11,14-19,21H,3-10,12-13H2,1-2H3/t19-,21-. The van der Waals surface area contributed by atoms with E-state index in [0.717, 1.165) is 11.8 Å². The lowest BCUT2D eigenvalue weighted by atomic mass is 9.77. The molecule has 130 valence electrons. The minimum absolute atomic E-state index is 0.798. The molecular weight excluding hydrogens is 288 g/mol. The van der Waals surface area contributed by atoms with Crippen LogP contribution in [-0.4, -0.2) is 0 Å². The van der Waals surface area contributed by atoms with Crippen LogP contribution in [0.3, 0.4) is 0 Å². The van der Waals surface area contributed by atoms with Crippen molar-refractivity contribution < 1.29 is 0 Å². The monoisotopic (exact) mass is 322 g/mol. The lowest BCUT2D eigenvalue weighted by Gasteiger charge is -2.28. The molecule has 3 rings (SSSR count). The van der Waals surface area contributed by atoms with Crippen molar-refractivity contribution in [3.05, 3.63) is 47.5 Å². The highest BCUT2D eigenvalue weighted by atomic mass is 14.3. The van der Waals surface area contributed by atoms with E-state index in [0.29, 0.717) is 0 Å². The molecule has 1 aliphatic rings. The molecule has 0 radical (unpaired) electrons. The number of rotatable bonds is 7. The Morgan fingerprint density at radius 3 is 2.29 bits per heavy atom. The quantitative estimate of drug-likeness (QED) is 0.459. The van der Waals surface area contributed by atoms with Gasteiger partial charge in [0.25, 0.3) is 0 Å². The van der Waals surface area contributed by atoms with Gasteiger partial charge in [-0.05, 0) is 72.3 Å². The predicted molar refractivity (Wildman–Crippen MR) is 107 cm³/mol. The fourth-order valence-electron chi connectivity index (χ4n) is 4.49. The van der Waals surface area contributed by atoms with E-state index in [2.05, 4.69) is 50.2 Å². The minimum atomic E-state index is 0.798. The highest BCUT2D eigenvalue weighted by Gasteiger charge is 2.21. The summed E-state index contributed by atoms with van der Waals surface area (Å²) in [6.07, 6.45) is 13.6. The van der Waals surface area contributed by atoms with Crippen LogP contribution < -0.4 is 0 Å². The summed E-state index contributed by atoms with van der Waals surface area (Å²) in [5.41, 5.74) is 3.08. The van der Waals surface area contributed by atoms with Crippen molar-refractivity contribution in [3.8, 4) is 0 Å². The molecule has 2 aromatic rings. The summed E-state index contributed by atoms with van der Waals surface area (Å²) in [6, 6.07) is 14.3. The van der Waals surface area contributed by atoms with Gasteiger partial charge in [0, 0.05) is 0 Å². The van der Waals surface area contributed by atoms with Crippen molar-refractivity contribution in [2.24, 2.45) is 5.92 Å². The highest BCUT2D eigenvalue weighted by molar-refractivity contribution is 5.84. The Morgan fingerprint density at radius 2 is 1.54 bits per heavy atom. The van der Waals surface area contributed by atoms with Crippen LogP contribution >= 0.6 is 0 Å². The maximum Gasteiger partial charge on any atom is -0.0162 e. The predicted octanol–water partition coefficient (Wildman–Crippen LogP) is 7.65. The van der Waals surface area contributed by atoms with E-state index in [1.807, 2.05) is 0 Å². The summed E-state index contributed by atoms with van der Waals surface area (Å²) in [7, 11) is 0. The smallest absolute Gasteiger partial charge is 0.0162 e. The van der Waals surface area contributed by atoms with Crippen molar-refractivity contribution in [1.82, 2.24) is 0 Å². The summed E-state index contributed by atoms with van der Waals surface area (Å²) < 4.78 is 0. The Labute approximate surface area is 148 Å². The van der Waals surface area contributed by atoms with Gasteiger partial charge in [0.15, 0.2) is 0 Å². The number of aryl methyl sites for hydroxylation is 1. The van der Waals surface area contributed by atoms with E-state index < -0.39 is 0 Å². The maximum atomic E-state index is 2.47. The largest absolute Gasteiger partial charge is 0.0654 e. The molecule has 0 aliphatic heterocycles. The third-order valence-corrected chi connectivity index (χ3v) is 6.01. The van der Waals surface area contributed by atoms with E-state index >= 15 is 0 Å². The molecule has 0 amide bonds. The average molecular weight is 323 g/mol. The van der Waals surface area contributed by atoms with Gasteiger partial charge in [0.05, 0.1) is 0 Å². The molecular formula is C24H34. The Kier molecular flexibility index (Phi) is 6.35. The molecule has 0 unspecified atom stereocenters. The molecule has 0 N–H and O–H groups in total. The molecule has 0 spiro atoms. The van der Waals surface area contributed by atoms with Crippen LogP contribution in [-0.2, 0) is 6.42 Å². The zero-order valence-corrected chi connectivity index (χ0v) is 15.7. The van der Waals surface area contributed by atoms with Gasteiger partial charge in [0.1, 0.15) is 0 Å². The Hall–Kier alpha value is -1.30. The van der Waals surface area contributed by atoms with Gasteiger partial charge in [0.2, 0.25) is 0 Å². The first-order chi connectivity index (χ1) is 11.8. The molecule has 2 aromatic carbocycles. The third-order valence-electron chi connectivity index (χ3n) is 6.01. The number of unbranched alkanes of at least 4 members (excludes halogenated alkanes) is 2. The molecule has 0 atom stereocenters. The number of hydrogen-bond acceptors (Lipinski definition) is 0. The molecule has 1 aliphatic carbocycles. The van der Waals surface area contributed by atoms with E-state index in [9.17, 15) is 0 Å². The summed E-state index contributed by atoms with van der Waals surface area (Å²) in [5.74, 6) is 1.80. The number of fused-ring (bicyclic) bond motifs is 1. The molecule has 24 heavy (non-hydrogen) atoms. The van der Waals surface area contributed by atoms with Crippen LogP contribution in [0.2, 0.25) is 0 Å². The van der Waals surface area contributed by atoms with Crippen LogP contribution in [0.15, 0.2) is 36.4 Å². The number of benzene rings is 2. The fraction of sp³-hybridized carbons (Fsp3) is 0.583. The Balaban J connectivity index is 1.67. The normalized spacial score (nSPS) is 21.2. The van der Waals surface area contributed by atoms with Crippen LogP contribution in [0.25, 0.3) is 10.8 Å². The van der Waals surface area contributed by atoms with Gasteiger partial charge in [-0.3, -0.25) is 0 Å². The van der Waals surface area contributed by atoms with Gasteiger partial charge in [-0.15, -0.1) is 0 Å². The fourth-order valence-corrected chi connectivity index (χ4v) is 4.49. The second-order valence-corrected chi connectivity index (χ2v) is 7.90. The third kappa shape index (κ3) is 4.41. The minimum Gasteiger partial charge on any atom is -0.0654 e. The zero-order chi connectivity index (χ0) is 16.8. The van der Waals surface area contributed by atoms with Crippen LogP contribution in [0.1, 0.15) is 88.7 Å². The average Bonchev–Trinajstić information content (AvgIpc) is 2.62. The molecule has 0 bridgehead atoms. The SMILES string of the molecule is CCCCCc1ccc2cc([C@H]3CC[C@H](CCC)CC3)ccc2c1. The van der Waals surface area contributed by atoms with Crippen molar-refractivity contribution in [2.45, 2.75) is 84.0 Å². The molecule has 0 saturated heterocycles. The van der Waals surface area contributed by atoms with Crippen molar-refractivity contribution >= 4 is 10.8 Å². The van der Waals surface area contributed by atoms with Crippen molar-refractivity contribution in [3.63, 3.8) is 0 Å². The van der Waals surface area contributed by atoms with Crippen LogP contribution in [0.4, 0.5) is 0 Å². The van der Waals surface area contributed by atoms with E-state index in [1.165, 1.54) is 80.5 Å². The summed E-state index contributed by atoms with van der Waals surface area (Å²) >= 11 is 0. The Morgan fingerprint density at radius 1 is 0.792 bits per heavy atom. The molecule has 1 saturated carbocycles. The topological polar surface area (TPSA) is 0 Å². The summed E-state index contributed by atoms with van der Waals surface area (Å²) in [5, 5.41) is 2.86. The molecule has 0 heteroatoms. The molecule has 1 fully saturated rings. The van der Waals surface area contributed by atoms with Crippen LogP contribution in [0.5, 0.6) is 0 Å². The first-order valence-electron chi connectivity index (χ1n) is 10.3. The lowest BCUT2D eigenvalue weighted by molar-refractivity contribution is 0.308. The zero-order valence-electron chi connectivity index (χ0n) is 15.7. The van der Waals surface area contributed by atoms with Gasteiger partial charge in [-0.2, -0.15) is 0 Å². The highest BCUT2D eigenvalue weighted by Crippen LogP contribution is 2.38. The van der Waals surface area contributed by atoms with E-state index in [4.69, 9.17) is 0 Å². The lowest BCUT2D eigenvalue weighted by Crippen LogP contribution is -2.13. The first kappa shape index (κ1) is 17.5. The first-order valence-corrected chi connectivity index (χ1v) is 10.3. The van der Waals surface area contributed by atoms with E-state index in [-0.39, 0.29) is 0 Å². The van der Waals surface area contributed by atoms with Gasteiger partial charge >= 0.3 is 0 Å².